The summed E-state index contributed by atoms with van der Waals surface area (Å²) in [7, 11) is 0. The van der Waals surface area contributed by atoms with Crippen LogP contribution < -0.4 is 0 Å². The van der Waals surface area contributed by atoms with Crippen LogP contribution in [0.15, 0.2) is 24.4 Å². The number of benzene rings is 1. The summed E-state index contributed by atoms with van der Waals surface area (Å²) in [5.74, 6) is 5.56. The van der Waals surface area contributed by atoms with E-state index in [0.29, 0.717) is 10.8 Å². The number of fused-ring (bicyclic) bond motifs is 6. The molecule has 0 saturated heterocycles. The Morgan fingerprint density at radius 3 is 2.73 bits per heavy atom. The van der Waals surface area contributed by atoms with Crippen molar-refractivity contribution in [3.8, 4) is 0 Å². The monoisotopic (exact) mass is 448 g/mol. The molecule has 0 bridgehead atoms. The first-order valence-electron chi connectivity index (χ1n) is 13.9. The normalized spacial score (nSPS) is 40.3. The molecule has 1 aromatic carbocycles. The molecule has 4 fully saturated rings. The number of nitrogens with zero attached hydrogens (tertiary/aromatic N) is 2. The zero-order valence-electron chi connectivity index (χ0n) is 20.7. The highest BCUT2D eigenvalue weighted by molar-refractivity contribution is 5.77. The molecule has 0 radical (unpaired) electrons. The standard InChI is InChI=1S/C30H41FN2/c1-29-16-4-3-6-21(29)9-12-24-25-13-10-22(30(25,2)17-15-26(24)29)7-5-8-28-32-19-20-18-23(31)11-14-27(20)33-28/h11,14,18-19,21-22,24-26H,3-10,12-13,15-17H2,1-2H3. The van der Waals surface area contributed by atoms with E-state index < -0.39 is 0 Å². The van der Waals surface area contributed by atoms with Gasteiger partial charge in [-0.1, -0.05) is 26.7 Å². The summed E-state index contributed by atoms with van der Waals surface area (Å²) in [6.07, 6.45) is 20.1. The topological polar surface area (TPSA) is 25.8 Å². The Balaban J connectivity index is 1.11. The van der Waals surface area contributed by atoms with Gasteiger partial charge in [-0.05, 0) is 123 Å². The van der Waals surface area contributed by atoms with Crippen LogP contribution in [-0.2, 0) is 6.42 Å². The zero-order valence-corrected chi connectivity index (χ0v) is 20.7. The van der Waals surface area contributed by atoms with Gasteiger partial charge in [-0.3, -0.25) is 0 Å². The van der Waals surface area contributed by atoms with Crippen LogP contribution in [0.4, 0.5) is 4.39 Å². The van der Waals surface area contributed by atoms with Crippen molar-refractivity contribution >= 4 is 10.9 Å². The molecule has 1 heterocycles. The maximum atomic E-state index is 13.4. The molecule has 7 atom stereocenters. The molecule has 2 aromatic rings. The third-order valence-corrected chi connectivity index (χ3v) is 11.3. The summed E-state index contributed by atoms with van der Waals surface area (Å²) in [6.45, 7) is 5.36. The summed E-state index contributed by atoms with van der Waals surface area (Å²) in [4.78, 5) is 9.23. The molecule has 0 spiro atoms. The molecule has 1 aromatic heterocycles. The lowest BCUT2D eigenvalue weighted by molar-refractivity contribution is -0.111. The molecule has 4 aliphatic rings. The summed E-state index contributed by atoms with van der Waals surface area (Å²) >= 11 is 0. The number of hydrogen-bond acceptors (Lipinski definition) is 2. The molecular weight excluding hydrogens is 407 g/mol. The SMILES string of the molecule is CC12CCCCC1CCC1C2CCC2(C)C(CCCc3ncc4cc(F)ccc4n3)CCC12. The van der Waals surface area contributed by atoms with Gasteiger partial charge in [0.1, 0.15) is 11.6 Å². The van der Waals surface area contributed by atoms with Gasteiger partial charge in [0.25, 0.3) is 0 Å². The van der Waals surface area contributed by atoms with Crippen LogP contribution in [0.25, 0.3) is 10.9 Å². The Kier molecular flexibility index (Phi) is 5.54. The summed E-state index contributed by atoms with van der Waals surface area (Å²) in [5.41, 5.74) is 2.07. The average molecular weight is 449 g/mol. The fourth-order valence-electron chi connectivity index (χ4n) is 9.55. The predicted octanol–water partition coefficient (Wildman–Crippen LogP) is 8.14. The first-order valence-corrected chi connectivity index (χ1v) is 13.9. The first-order chi connectivity index (χ1) is 16.0. The van der Waals surface area contributed by atoms with Crippen molar-refractivity contribution in [3.63, 3.8) is 0 Å². The fraction of sp³-hybridized carbons (Fsp3) is 0.733. The lowest BCUT2D eigenvalue weighted by Gasteiger charge is -2.60. The number of halogens is 1. The van der Waals surface area contributed by atoms with Crippen LogP contribution in [-0.4, -0.2) is 9.97 Å². The van der Waals surface area contributed by atoms with Crippen molar-refractivity contribution in [2.24, 2.45) is 40.4 Å². The molecule has 0 N–H and O–H groups in total. The minimum absolute atomic E-state index is 0.219. The number of hydrogen-bond donors (Lipinski definition) is 0. The van der Waals surface area contributed by atoms with Gasteiger partial charge in [0, 0.05) is 18.0 Å². The Morgan fingerprint density at radius 2 is 1.82 bits per heavy atom. The maximum Gasteiger partial charge on any atom is 0.128 e. The molecule has 0 amide bonds. The Morgan fingerprint density at radius 1 is 0.939 bits per heavy atom. The molecule has 2 nitrogen and oxygen atoms in total. The van der Waals surface area contributed by atoms with E-state index in [1.54, 1.807) is 12.3 Å². The van der Waals surface area contributed by atoms with Crippen molar-refractivity contribution < 1.29 is 4.39 Å². The van der Waals surface area contributed by atoms with E-state index in [9.17, 15) is 4.39 Å². The van der Waals surface area contributed by atoms with Crippen LogP contribution in [0.1, 0.15) is 96.7 Å². The van der Waals surface area contributed by atoms with Gasteiger partial charge in [-0.2, -0.15) is 0 Å². The van der Waals surface area contributed by atoms with Crippen molar-refractivity contribution in [2.45, 2.75) is 97.3 Å². The minimum Gasteiger partial charge on any atom is -0.241 e. The minimum atomic E-state index is -0.219. The number of aryl methyl sites for hydroxylation is 1. The van der Waals surface area contributed by atoms with E-state index in [-0.39, 0.29) is 5.82 Å². The Labute approximate surface area is 199 Å². The highest BCUT2D eigenvalue weighted by Crippen LogP contribution is 2.67. The average Bonchev–Trinajstić information content (AvgIpc) is 3.15. The van der Waals surface area contributed by atoms with E-state index in [1.807, 2.05) is 0 Å². The molecular formula is C30H41FN2. The van der Waals surface area contributed by atoms with Gasteiger partial charge in [-0.25, -0.2) is 14.4 Å². The van der Waals surface area contributed by atoms with Gasteiger partial charge in [0.15, 0.2) is 0 Å². The number of rotatable bonds is 4. The van der Waals surface area contributed by atoms with Crippen molar-refractivity contribution in [2.75, 3.05) is 0 Å². The van der Waals surface area contributed by atoms with Gasteiger partial charge >= 0.3 is 0 Å². The fourth-order valence-corrected chi connectivity index (χ4v) is 9.55. The molecule has 178 valence electrons. The summed E-state index contributed by atoms with van der Waals surface area (Å²) in [6, 6.07) is 4.80. The van der Waals surface area contributed by atoms with E-state index >= 15 is 0 Å². The quantitative estimate of drug-likeness (QED) is 0.472. The summed E-state index contributed by atoms with van der Waals surface area (Å²) < 4.78 is 13.4. The van der Waals surface area contributed by atoms with E-state index in [4.69, 9.17) is 4.98 Å². The molecule has 7 unspecified atom stereocenters. The van der Waals surface area contributed by atoms with E-state index in [1.165, 1.54) is 89.2 Å². The molecule has 4 saturated carbocycles. The van der Waals surface area contributed by atoms with Gasteiger partial charge in [-0.15, -0.1) is 0 Å². The maximum absolute atomic E-state index is 13.4. The molecule has 6 rings (SSSR count). The second-order valence-electron chi connectivity index (χ2n) is 12.6. The van der Waals surface area contributed by atoms with Crippen molar-refractivity contribution in [1.29, 1.82) is 0 Å². The van der Waals surface area contributed by atoms with Crippen LogP contribution in [0.5, 0.6) is 0 Å². The van der Waals surface area contributed by atoms with E-state index in [2.05, 4.69) is 18.8 Å². The second kappa shape index (κ2) is 8.31. The van der Waals surface area contributed by atoms with Gasteiger partial charge in [0.2, 0.25) is 0 Å². The zero-order chi connectivity index (χ0) is 22.6. The second-order valence-corrected chi connectivity index (χ2v) is 12.6. The number of aromatic nitrogens is 2. The van der Waals surface area contributed by atoms with Crippen LogP contribution in [0.3, 0.4) is 0 Å². The molecule has 33 heavy (non-hydrogen) atoms. The molecule has 0 aliphatic heterocycles. The molecule has 4 aliphatic carbocycles. The highest BCUT2D eigenvalue weighted by atomic mass is 19.1. The smallest absolute Gasteiger partial charge is 0.128 e. The lowest BCUT2D eigenvalue weighted by Crippen LogP contribution is -2.52. The Hall–Kier alpha value is -1.51. The van der Waals surface area contributed by atoms with Crippen molar-refractivity contribution in [3.05, 3.63) is 36.0 Å². The molecule has 3 heteroatoms. The van der Waals surface area contributed by atoms with Crippen molar-refractivity contribution in [1.82, 2.24) is 9.97 Å². The largest absolute Gasteiger partial charge is 0.241 e. The van der Waals surface area contributed by atoms with Crippen LogP contribution in [0, 0.1) is 46.2 Å². The Bertz CT molecular complexity index is 1020. The van der Waals surface area contributed by atoms with E-state index in [0.717, 1.165) is 52.7 Å². The van der Waals surface area contributed by atoms with Gasteiger partial charge < -0.3 is 0 Å². The summed E-state index contributed by atoms with van der Waals surface area (Å²) in [5, 5.41) is 0.794. The predicted molar refractivity (Wildman–Crippen MR) is 132 cm³/mol. The van der Waals surface area contributed by atoms with Gasteiger partial charge in [0.05, 0.1) is 5.52 Å². The third kappa shape index (κ3) is 3.64. The first kappa shape index (κ1) is 22.0. The lowest BCUT2D eigenvalue weighted by atomic mass is 9.45. The highest BCUT2D eigenvalue weighted by Gasteiger charge is 2.59. The van der Waals surface area contributed by atoms with Crippen LogP contribution in [0.2, 0.25) is 0 Å². The van der Waals surface area contributed by atoms with Crippen LogP contribution >= 0.6 is 0 Å². The third-order valence-electron chi connectivity index (χ3n) is 11.3.